The second kappa shape index (κ2) is 9.02. The smallest absolute Gasteiger partial charge is 0.338 e. The van der Waals surface area contributed by atoms with Crippen LogP contribution in [0.1, 0.15) is 27.0 Å². The molecule has 0 amide bonds. The largest absolute Gasteiger partial charge is 0.465 e. The monoisotopic (exact) mass is 410 g/mol. The Morgan fingerprint density at radius 2 is 1.03 bits per heavy atom. The molecule has 0 heterocycles. The van der Waals surface area contributed by atoms with E-state index in [1.165, 1.54) is 7.11 Å². The Kier molecular flexibility index (Phi) is 6.01. The Bertz CT molecular complexity index is 1010. The van der Waals surface area contributed by atoms with Crippen LogP contribution >= 0.6 is 11.8 Å². The number of carbonyl (C=O) groups excluding carboxylic acids is 1. The zero-order valence-corrected chi connectivity index (χ0v) is 17.5. The van der Waals surface area contributed by atoms with Crippen molar-refractivity contribution in [1.29, 1.82) is 0 Å². The summed E-state index contributed by atoms with van der Waals surface area (Å²) >= 11 is 1.66. The van der Waals surface area contributed by atoms with E-state index >= 15 is 0 Å². The van der Waals surface area contributed by atoms with Gasteiger partial charge < -0.3 is 4.74 Å². The quantitative estimate of drug-likeness (QED) is 0.205. The van der Waals surface area contributed by atoms with Crippen LogP contribution in [-0.2, 0) is 9.48 Å². The maximum absolute atomic E-state index is 12.5. The van der Waals surface area contributed by atoms with Gasteiger partial charge in [0.2, 0.25) is 0 Å². The molecule has 0 saturated heterocycles. The lowest BCUT2D eigenvalue weighted by Crippen LogP contribution is -2.26. The fourth-order valence-electron chi connectivity index (χ4n) is 3.69. The summed E-state index contributed by atoms with van der Waals surface area (Å²) < 4.78 is 4.52. The van der Waals surface area contributed by atoms with E-state index in [9.17, 15) is 4.79 Å². The van der Waals surface area contributed by atoms with E-state index in [4.69, 9.17) is 4.74 Å². The molecule has 0 radical (unpaired) electrons. The van der Waals surface area contributed by atoms with Crippen molar-refractivity contribution in [2.24, 2.45) is 0 Å². The third-order valence-corrected chi connectivity index (χ3v) is 6.69. The van der Waals surface area contributed by atoms with Crippen LogP contribution in [0.5, 0.6) is 0 Å². The van der Waals surface area contributed by atoms with Crippen LogP contribution in [0.25, 0.3) is 0 Å². The lowest BCUT2D eigenvalue weighted by atomic mass is 9.84. The molecule has 0 spiro atoms. The predicted molar refractivity (Wildman–Crippen MR) is 123 cm³/mol. The van der Waals surface area contributed by atoms with E-state index in [-0.39, 0.29) is 5.97 Å². The summed E-state index contributed by atoms with van der Waals surface area (Å²) in [6.45, 7) is 0. The third kappa shape index (κ3) is 3.77. The molecule has 0 aromatic heterocycles. The van der Waals surface area contributed by atoms with Gasteiger partial charge in [-0.25, -0.2) is 4.79 Å². The average molecular weight is 411 g/mol. The molecule has 0 atom stereocenters. The van der Waals surface area contributed by atoms with Crippen molar-refractivity contribution in [3.05, 3.63) is 138 Å². The van der Waals surface area contributed by atoms with Crippen LogP contribution in [-0.4, -0.2) is 13.1 Å². The highest BCUT2D eigenvalue weighted by Crippen LogP contribution is 2.52. The molecule has 4 aromatic carbocycles. The van der Waals surface area contributed by atoms with Crippen molar-refractivity contribution in [2.75, 3.05) is 7.11 Å². The Balaban J connectivity index is 2.01. The number of carbonyl (C=O) groups is 1. The summed E-state index contributed by atoms with van der Waals surface area (Å²) in [5.41, 5.74) is 4.00. The molecule has 148 valence electrons. The molecule has 0 saturated carbocycles. The summed E-state index contributed by atoms with van der Waals surface area (Å²) in [4.78, 5) is 13.4. The van der Waals surface area contributed by atoms with Crippen molar-refractivity contribution >= 4 is 17.7 Å². The van der Waals surface area contributed by atoms with Crippen LogP contribution in [0, 0.1) is 0 Å². The minimum atomic E-state index is -0.534. The fraction of sp³-hybridized carbons (Fsp3) is 0.0741. The normalized spacial score (nSPS) is 11.1. The minimum Gasteiger partial charge on any atom is -0.465 e. The molecule has 0 N–H and O–H groups in total. The molecule has 0 aliphatic carbocycles. The number of esters is 1. The SMILES string of the molecule is COC(=O)c1ccccc1SC(c1ccccc1)(c1ccccc1)c1ccccc1. The van der Waals surface area contributed by atoms with Crippen LogP contribution < -0.4 is 0 Å². The highest BCUT2D eigenvalue weighted by molar-refractivity contribution is 8.00. The molecular formula is C27H22O2S. The first-order chi connectivity index (χ1) is 14.8. The van der Waals surface area contributed by atoms with Gasteiger partial charge >= 0.3 is 5.97 Å². The highest BCUT2D eigenvalue weighted by atomic mass is 32.2. The lowest BCUT2D eigenvalue weighted by molar-refractivity contribution is 0.0597. The molecule has 3 heteroatoms. The van der Waals surface area contributed by atoms with Gasteiger partial charge in [-0.1, -0.05) is 103 Å². The molecule has 0 bridgehead atoms. The number of methoxy groups -OCH3 is 1. The number of ether oxygens (including phenoxy) is 1. The maximum Gasteiger partial charge on any atom is 0.338 e. The van der Waals surface area contributed by atoms with Crippen molar-refractivity contribution in [1.82, 2.24) is 0 Å². The van der Waals surface area contributed by atoms with Gasteiger partial charge in [0.1, 0.15) is 0 Å². The van der Waals surface area contributed by atoms with Gasteiger partial charge in [0.15, 0.2) is 0 Å². The molecule has 4 rings (SSSR count). The van der Waals surface area contributed by atoms with Crippen molar-refractivity contribution in [3.63, 3.8) is 0 Å². The molecule has 0 fully saturated rings. The van der Waals surface area contributed by atoms with E-state index in [1.807, 2.05) is 42.5 Å². The molecule has 4 aromatic rings. The van der Waals surface area contributed by atoms with Crippen molar-refractivity contribution in [2.45, 2.75) is 9.64 Å². The molecular weight excluding hydrogens is 388 g/mol. The Labute approximate surface area is 181 Å². The number of benzene rings is 4. The Hall–Kier alpha value is -3.30. The van der Waals surface area contributed by atoms with Crippen LogP contribution in [0.15, 0.2) is 120 Å². The topological polar surface area (TPSA) is 26.3 Å². The summed E-state index contributed by atoms with van der Waals surface area (Å²) in [5, 5.41) is 0. The number of hydrogen-bond acceptors (Lipinski definition) is 3. The second-order valence-corrected chi connectivity index (χ2v) is 8.13. The first-order valence-electron chi connectivity index (χ1n) is 9.78. The van der Waals surface area contributed by atoms with Crippen LogP contribution in [0.2, 0.25) is 0 Å². The van der Waals surface area contributed by atoms with Crippen LogP contribution in [0.3, 0.4) is 0 Å². The second-order valence-electron chi connectivity index (χ2n) is 6.87. The van der Waals surface area contributed by atoms with Gasteiger partial charge in [0.25, 0.3) is 0 Å². The molecule has 0 aliphatic rings. The predicted octanol–water partition coefficient (Wildman–Crippen LogP) is 6.56. The van der Waals surface area contributed by atoms with E-state index in [0.29, 0.717) is 5.56 Å². The standard InChI is InChI=1S/C27H22O2S/c1-29-26(28)24-19-11-12-20-25(24)30-27(21-13-5-2-6-14-21,22-15-7-3-8-16-22)23-17-9-4-10-18-23/h2-20H,1H3. The van der Waals surface area contributed by atoms with E-state index in [1.54, 1.807) is 11.8 Å². The van der Waals surface area contributed by atoms with Gasteiger partial charge in [-0.2, -0.15) is 0 Å². The summed E-state index contributed by atoms with van der Waals surface area (Å²) in [7, 11) is 1.42. The highest BCUT2D eigenvalue weighted by Gasteiger charge is 2.38. The maximum atomic E-state index is 12.5. The third-order valence-electron chi connectivity index (χ3n) is 5.10. The lowest BCUT2D eigenvalue weighted by Gasteiger charge is -2.35. The molecule has 0 aliphatic heterocycles. The zero-order chi connectivity index (χ0) is 20.8. The summed E-state index contributed by atoms with van der Waals surface area (Å²) in [5.74, 6) is -0.332. The number of thioether (sulfide) groups is 1. The van der Waals surface area contributed by atoms with E-state index < -0.39 is 4.75 Å². The Morgan fingerprint density at radius 3 is 1.47 bits per heavy atom. The van der Waals surface area contributed by atoms with Gasteiger partial charge in [0.05, 0.1) is 17.4 Å². The summed E-state index contributed by atoms with van der Waals surface area (Å²) in [6, 6.07) is 38.9. The van der Waals surface area contributed by atoms with Crippen molar-refractivity contribution < 1.29 is 9.53 Å². The van der Waals surface area contributed by atoms with Crippen LogP contribution in [0.4, 0.5) is 0 Å². The van der Waals surface area contributed by atoms with Gasteiger partial charge in [0, 0.05) is 4.90 Å². The molecule has 30 heavy (non-hydrogen) atoms. The number of rotatable bonds is 6. The first kappa shape index (κ1) is 20.0. The Morgan fingerprint density at radius 1 is 0.633 bits per heavy atom. The summed E-state index contributed by atoms with van der Waals surface area (Å²) in [6.07, 6.45) is 0. The fourth-order valence-corrected chi connectivity index (χ4v) is 5.19. The minimum absolute atomic E-state index is 0.332. The first-order valence-corrected chi connectivity index (χ1v) is 10.6. The molecule has 2 nitrogen and oxygen atoms in total. The number of hydrogen-bond donors (Lipinski definition) is 0. The molecule has 0 unspecified atom stereocenters. The van der Waals surface area contributed by atoms with Gasteiger partial charge in [-0.3, -0.25) is 0 Å². The zero-order valence-electron chi connectivity index (χ0n) is 16.7. The van der Waals surface area contributed by atoms with Crippen molar-refractivity contribution in [3.8, 4) is 0 Å². The van der Waals surface area contributed by atoms with E-state index in [0.717, 1.165) is 21.6 Å². The van der Waals surface area contributed by atoms with Gasteiger partial charge in [-0.05, 0) is 28.8 Å². The average Bonchev–Trinajstić information content (AvgIpc) is 2.84. The van der Waals surface area contributed by atoms with E-state index in [2.05, 4.69) is 72.8 Å². The van der Waals surface area contributed by atoms with Gasteiger partial charge in [-0.15, -0.1) is 11.8 Å².